The minimum absolute atomic E-state index is 0. The van der Waals surface area contributed by atoms with Crippen molar-refractivity contribution in [1.29, 1.82) is 0 Å². The van der Waals surface area contributed by atoms with Crippen molar-refractivity contribution in [2.45, 2.75) is 16.7 Å². The zero-order chi connectivity index (χ0) is 32.5. The fourth-order valence-electron chi connectivity index (χ4n) is 4.89. The van der Waals surface area contributed by atoms with E-state index in [0.29, 0.717) is 33.5 Å². The van der Waals surface area contributed by atoms with Crippen molar-refractivity contribution >= 4 is 75.9 Å². The zero-order valence-corrected chi connectivity index (χ0v) is 31.7. The van der Waals surface area contributed by atoms with Crippen molar-refractivity contribution in [3.63, 3.8) is 0 Å². The van der Waals surface area contributed by atoms with Crippen molar-refractivity contribution in [2.75, 3.05) is 5.32 Å². The van der Waals surface area contributed by atoms with Gasteiger partial charge in [0.25, 0.3) is 0 Å². The molecule has 0 aromatic heterocycles. The first-order valence-corrected chi connectivity index (χ1v) is 16.6. The molecule has 1 N–H and O–H groups in total. The predicted molar refractivity (Wildman–Crippen MR) is 173 cm³/mol. The number of anilines is 2. The molecule has 0 saturated heterocycles. The summed E-state index contributed by atoms with van der Waals surface area (Å²) in [4.78, 5) is -0.892. The molecule has 0 aliphatic rings. The van der Waals surface area contributed by atoms with Gasteiger partial charge in [0.05, 0.1) is 32.5 Å². The molecule has 15 heteroatoms. The van der Waals surface area contributed by atoms with E-state index in [1.807, 2.05) is 49.4 Å². The van der Waals surface area contributed by atoms with Crippen LogP contribution in [0.3, 0.4) is 0 Å². The Bertz CT molecular complexity index is 2410. The number of rotatable bonds is 8. The molecule has 0 unspecified atom stereocenters. The van der Waals surface area contributed by atoms with Gasteiger partial charge in [-0.1, -0.05) is 54.1 Å². The Kier molecular flexibility index (Phi) is 12.1. The average Bonchev–Trinajstić information content (AvgIpc) is 3.03. The van der Waals surface area contributed by atoms with E-state index in [2.05, 4.69) is 25.8 Å². The molecule has 0 amide bonds. The van der Waals surface area contributed by atoms with Crippen molar-refractivity contribution in [3.8, 4) is 0 Å². The second-order valence-corrected chi connectivity index (χ2v) is 13.0. The van der Waals surface area contributed by atoms with E-state index < -0.39 is 30.0 Å². The molecule has 6 aromatic carbocycles. The summed E-state index contributed by atoms with van der Waals surface area (Å²) < 4.78 is 72.5. The van der Waals surface area contributed by atoms with E-state index >= 15 is 0 Å². The third-order valence-electron chi connectivity index (χ3n) is 7.10. The van der Waals surface area contributed by atoms with Crippen molar-refractivity contribution in [3.05, 3.63) is 121 Å². The van der Waals surface area contributed by atoms with Gasteiger partial charge in [0.2, 0.25) is 0 Å². The Morgan fingerprint density at radius 3 is 1.81 bits per heavy atom. The maximum absolute atomic E-state index is 12.3. The monoisotopic (exact) mass is 695 g/mol. The fourth-order valence-corrected chi connectivity index (χ4v) is 6.10. The van der Waals surface area contributed by atoms with Crippen LogP contribution in [0.5, 0.6) is 0 Å². The van der Waals surface area contributed by atoms with Gasteiger partial charge in [-0.3, -0.25) is 0 Å². The molecule has 0 heterocycles. The average molecular weight is 696 g/mol. The van der Waals surface area contributed by atoms with Crippen LogP contribution in [0.4, 0.5) is 34.1 Å². The van der Waals surface area contributed by atoms with E-state index in [-0.39, 0.29) is 81.3 Å². The van der Waals surface area contributed by atoms with Gasteiger partial charge in [0.1, 0.15) is 20.2 Å². The largest absolute Gasteiger partial charge is 1.00 e. The molecular formula is C33H23N5Na2O6S2. The molecule has 0 atom stereocenters. The summed E-state index contributed by atoms with van der Waals surface area (Å²) in [5.74, 6) is 0. The van der Waals surface area contributed by atoms with E-state index in [0.717, 1.165) is 5.56 Å². The minimum atomic E-state index is -4.88. The second-order valence-electron chi connectivity index (χ2n) is 10.3. The van der Waals surface area contributed by atoms with Crippen LogP contribution >= 0.6 is 0 Å². The first-order valence-electron chi connectivity index (χ1n) is 13.7. The van der Waals surface area contributed by atoms with Crippen molar-refractivity contribution in [2.24, 2.45) is 20.5 Å². The third-order valence-corrected chi connectivity index (χ3v) is 8.82. The molecule has 6 rings (SSSR count). The number of nitrogens with zero attached hydrogens (tertiary/aromatic N) is 4. The van der Waals surface area contributed by atoms with Crippen LogP contribution < -0.4 is 64.4 Å². The summed E-state index contributed by atoms with van der Waals surface area (Å²) in [6.07, 6.45) is 0. The fraction of sp³-hybridized carbons (Fsp3) is 0.0303. The molecule has 0 bridgehead atoms. The summed E-state index contributed by atoms with van der Waals surface area (Å²) in [6.45, 7) is 1.94. The second kappa shape index (κ2) is 15.5. The summed E-state index contributed by atoms with van der Waals surface area (Å²) in [5, 5.41) is 21.7. The normalized spacial score (nSPS) is 11.9. The topological polar surface area (TPSA) is 176 Å². The smallest absolute Gasteiger partial charge is 0.744 e. The maximum atomic E-state index is 12.3. The predicted octanol–water partition coefficient (Wildman–Crippen LogP) is 2.69. The van der Waals surface area contributed by atoms with Gasteiger partial charge in [-0.25, -0.2) is 16.8 Å². The van der Waals surface area contributed by atoms with E-state index in [1.54, 1.807) is 42.5 Å². The van der Waals surface area contributed by atoms with Gasteiger partial charge < -0.3 is 14.4 Å². The van der Waals surface area contributed by atoms with E-state index in [1.165, 1.54) is 30.3 Å². The van der Waals surface area contributed by atoms with Crippen LogP contribution in [0.25, 0.3) is 21.5 Å². The van der Waals surface area contributed by atoms with Crippen molar-refractivity contribution in [1.82, 2.24) is 0 Å². The Hall–Kier alpha value is -3.34. The Labute approximate surface area is 321 Å². The molecule has 0 saturated carbocycles. The van der Waals surface area contributed by atoms with Crippen LogP contribution in [-0.4, -0.2) is 25.9 Å². The molecule has 0 radical (unpaired) electrons. The standard InChI is InChI=1S/C33H25N5O6S2.2Na/c1-21-10-12-22(13-11-21)34-31-19-18-29(26-8-5-9-32(33(26)31)46(42,43)44)37-38-30-17-16-28(36-35-23-6-3-2-4-7-23)25-15-14-24(20-27(25)30)45(39,40)41;;/h2-20,34H,1H3,(H,39,40,41)(H,42,43,44);;/q;2*+1/p-2. The van der Waals surface area contributed by atoms with Gasteiger partial charge in [0.15, 0.2) is 0 Å². The summed E-state index contributed by atoms with van der Waals surface area (Å²) in [7, 11) is -9.68. The molecule has 11 nitrogen and oxygen atoms in total. The van der Waals surface area contributed by atoms with Gasteiger partial charge in [-0.05, 0) is 73.7 Å². The molecule has 230 valence electrons. The first kappa shape index (κ1) is 37.5. The number of hydrogen-bond donors (Lipinski definition) is 1. The van der Waals surface area contributed by atoms with Crippen molar-refractivity contribution < 1.29 is 85.1 Å². The number of azo groups is 2. The third kappa shape index (κ3) is 8.44. The quantitative estimate of drug-likeness (QED) is 0.145. The zero-order valence-electron chi connectivity index (χ0n) is 26.0. The van der Waals surface area contributed by atoms with Crippen LogP contribution in [0.1, 0.15) is 5.56 Å². The summed E-state index contributed by atoms with van der Waals surface area (Å²) in [5.41, 5.74) is 3.54. The Morgan fingerprint density at radius 2 is 1.17 bits per heavy atom. The number of fused-ring (bicyclic) bond motifs is 2. The number of benzene rings is 6. The molecule has 6 aromatic rings. The van der Waals surface area contributed by atoms with Gasteiger partial charge in [-0.2, -0.15) is 5.11 Å². The van der Waals surface area contributed by atoms with Crippen LogP contribution in [-0.2, 0) is 20.2 Å². The number of aryl methyl sites for hydroxylation is 1. The van der Waals surface area contributed by atoms with Gasteiger partial charge in [-0.15, -0.1) is 15.3 Å². The van der Waals surface area contributed by atoms with Crippen LogP contribution in [0.2, 0.25) is 0 Å². The first-order chi connectivity index (χ1) is 22.0. The molecule has 0 aliphatic heterocycles. The maximum Gasteiger partial charge on any atom is 1.00 e. The Morgan fingerprint density at radius 1 is 0.562 bits per heavy atom. The van der Waals surface area contributed by atoms with E-state index in [9.17, 15) is 25.9 Å². The molecule has 0 aliphatic carbocycles. The number of hydrogen-bond acceptors (Lipinski definition) is 11. The molecule has 0 fully saturated rings. The molecular weight excluding hydrogens is 673 g/mol. The summed E-state index contributed by atoms with van der Waals surface area (Å²) in [6, 6.07) is 30.9. The summed E-state index contributed by atoms with van der Waals surface area (Å²) >= 11 is 0. The molecule has 48 heavy (non-hydrogen) atoms. The number of nitrogens with one attached hydrogen (secondary N) is 1. The van der Waals surface area contributed by atoms with Gasteiger partial charge in [0, 0.05) is 32.9 Å². The minimum Gasteiger partial charge on any atom is -0.744 e. The van der Waals surface area contributed by atoms with Crippen LogP contribution in [0.15, 0.2) is 146 Å². The van der Waals surface area contributed by atoms with Crippen LogP contribution in [0, 0.1) is 6.92 Å². The van der Waals surface area contributed by atoms with E-state index in [4.69, 9.17) is 0 Å². The molecule has 0 spiro atoms. The Balaban J connectivity index is 0.00000260. The SMILES string of the molecule is Cc1ccc(Nc2ccc(N=Nc3ccc(N=Nc4ccccc4)c4ccc(S(=O)(=O)[O-])cc34)c3cccc(S(=O)(=O)[O-])c23)cc1.[Na+].[Na+]. The van der Waals surface area contributed by atoms with Gasteiger partial charge >= 0.3 is 59.1 Å².